The van der Waals surface area contributed by atoms with Crippen LogP contribution in [0.15, 0.2) is 18.2 Å². The van der Waals surface area contributed by atoms with Gasteiger partial charge in [0.25, 0.3) is 0 Å². The van der Waals surface area contributed by atoms with Crippen molar-refractivity contribution in [2.45, 2.75) is 0 Å². The predicted octanol–water partition coefficient (Wildman–Crippen LogP) is -2.10. The largest absolute Gasteiger partial charge is 1.00 e. The van der Waals surface area contributed by atoms with Crippen LogP contribution in [0.1, 0.15) is 6.99 Å². The molecular weight excluding hydrogens is 243 g/mol. The van der Waals surface area contributed by atoms with E-state index in [0.717, 1.165) is 0 Å². The van der Waals surface area contributed by atoms with E-state index in [1.807, 2.05) is 10.8 Å². The van der Waals surface area contributed by atoms with Gasteiger partial charge < -0.3 is 6.16 Å². The van der Waals surface area contributed by atoms with E-state index in [1.54, 1.807) is 0 Å². The van der Waals surface area contributed by atoms with Crippen molar-refractivity contribution in [1.82, 2.24) is 0 Å². The first kappa shape index (κ1) is 15.2. The van der Waals surface area contributed by atoms with E-state index < -0.39 is 10.3 Å². The topological polar surface area (TPSA) is 99.4 Å². The number of nitrogens with one attached hydrogen (secondary N) is 1. The molecule has 2 N–H and O–H groups in total. The molecule has 0 fully saturated rings. The van der Waals surface area contributed by atoms with Crippen LogP contribution < -0.4 is 39.0 Å². The molecule has 0 aliphatic heterocycles. The molecule has 0 heterocycles. The van der Waals surface area contributed by atoms with Crippen LogP contribution in [0.3, 0.4) is 0 Å². The number of benzene rings is 1. The molecule has 8 heteroatoms. The molecule has 0 radical (unpaired) electrons. The van der Waals surface area contributed by atoms with Crippen LogP contribution in [0.4, 0.5) is 5.69 Å². The Bertz CT molecular complexity index is 515. The maximum Gasteiger partial charge on any atom is 1.00 e. The fourth-order valence-corrected chi connectivity index (χ4v) is 1.43. The third kappa shape index (κ3) is 4.38. The van der Waals surface area contributed by atoms with E-state index in [1.165, 1.54) is 25.3 Å². The molecule has 0 atom stereocenters. The molecule has 82 valence electrons. The van der Waals surface area contributed by atoms with Gasteiger partial charge in [0.1, 0.15) is 5.75 Å². The quantitative estimate of drug-likeness (QED) is 0.474. The Morgan fingerprint density at radius 3 is 2.62 bits per heavy atom. The molecule has 0 unspecified atom stereocenters. The third-order valence-corrected chi connectivity index (χ3v) is 2.05. The van der Waals surface area contributed by atoms with Gasteiger partial charge in [0.05, 0.1) is 24.4 Å². The van der Waals surface area contributed by atoms with Crippen LogP contribution in [-0.4, -0.2) is 20.1 Å². The minimum Gasteiger partial charge on any atom is -1.00 e. The SMILES string of the molecule is COc1cc(C#N)ccc1NS(=O)(=O)O.[H-].[Na+]. The minimum atomic E-state index is -4.34. The van der Waals surface area contributed by atoms with Crippen molar-refractivity contribution in [2.24, 2.45) is 0 Å². The van der Waals surface area contributed by atoms with Gasteiger partial charge in [-0.3, -0.25) is 9.27 Å². The molecule has 0 amide bonds. The maximum atomic E-state index is 10.5. The second-order valence-corrected chi connectivity index (χ2v) is 3.76. The molecule has 0 bridgehead atoms. The molecule has 0 saturated heterocycles. The first-order valence-electron chi connectivity index (χ1n) is 3.79. The van der Waals surface area contributed by atoms with Crippen LogP contribution in [0.2, 0.25) is 0 Å². The van der Waals surface area contributed by atoms with Gasteiger partial charge in [-0.2, -0.15) is 13.7 Å². The Morgan fingerprint density at radius 2 is 2.19 bits per heavy atom. The number of ether oxygens (including phenoxy) is 1. The fourth-order valence-electron chi connectivity index (χ4n) is 0.984. The Balaban J connectivity index is 0. The summed E-state index contributed by atoms with van der Waals surface area (Å²) >= 11 is 0. The molecule has 0 aromatic heterocycles. The van der Waals surface area contributed by atoms with E-state index in [2.05, 4.69) is 0 Å². The van der Waals surface area contributed by atoms with Crippen LogP contribution in [-0.2, 0) is 10.3 Å². The first-order chi connectivity index (χ1) is 6.96. The van der Waals surface area contributed by atoms with E-state index in [9.17, 15) is 8.42 Å². The summed E-state index contributed by atoms with van der Waals surface area (Å²) < 4.78 is 36.3. The molecule has 0 spiro atoms. The Morgan fingerprint density at radius 1 is 1.56 bits per heavy atom. The molecule has 1 aromatic rings. The van der Waals surface area contributed by atoms with Gasteiger partial charge in [-0.05, 0) is 12.1 Å². The number of hydrogen-bond acceptors (Lipinski definition) is 4. The van der Waals surface area contributed by atoms with Crippen molar-refractivity contribution in [2.75, 3.05) is 11.8 Å². The van der Waals surface area contributed by atoms with Crippen molar-refractivity contribution in [1.29, 1.82) is 5.26 Å². The Hall–Kier alpha value is -0.780. The molecule has 6 nitrogen and oxygen atoms in total. The van der Waals surface area contributed by atoms with E-state index in [-0.39, 0.29) is 42.4 Å². The van der Waals surface area contributed by atoms with Gasteiger partial charge in [-0.15, -0.1) is 0 Å². The summed E-state index contributed by atoms with van der Waals surface area (Å²) in [4.78, 5) is 0. The number of nitriles is 1. The second-order valence-electron chi connectivity index (χ2n) is 2.60. The van der Waals surface area contributed by atoms with E-state index in [4.69, 9.17) is 14.6 Å². The molecule has 1 aromatic carbocycles. The van der Waals surface area contributed by atoms with E-state index in [0.29, 0.717) is 5.56 Å². The summed E-state index contributed by atoms with van der Waals surface area (Å²) in [7, 11) is -3.02. The molecular formula is C8H9N2NaO4S. The fraction of sp³-hybridized carbons (Fsp3) is 0.125. The van der Waals surface area contributed by atoms with Crippen molar-refractivity contribution in [3.8, 4) is 11.8 Å². The van der Waals surface area contributed by atoms with Crippen molar-refractivity contribution >= 4 is 16.0 Å². The standard InChI is InChI=1S/C8H8N2O4S.Na.H/c1-14-8-4-6(5-9)2-3-7(8)10-15(11,12)13;;/h2-4,10H,1H3,(H,11,12,13);;/q;+1;-1. The minimum absolute atomic E-state index is 0. The summed E-state index contributed by atoms with van der Waals surface area (Å²) in [5.74, 6) is 0.159. The van der Waals surface area contributed by atoms with Crippen LogP contribution in [0.5, 0.6) is 5.75 Å². The average molecular weight is 252 g/mol. The molecule has 16 heavy (non-hydrogen) atoms. The van der Waals surface area contributed by atoms with Crippen LogP contribution >= 0.6 is 0 Å². The summed E-state index contributed by atoms with van der Waals surface area (Å²) in [5.41, 5.74) is 0.395. The average Bonchev–Trinajstić information content (AvgIpc) is 2.16. The van der Waals surface area contributed by atoms with Gasteiger partial charge in [0, 0.05) is 6.07 Å². The Labute approximate surface area is 117 Å². The van der Waals surface area contributed by atoms with Crippen LogP contribution in [0, 0.1) is 11.3 Å². The summed E-state index contributed by atoms with van der Waals surface area (Å²) in [6.07, 6.45) is 0. The number of hydrogen-bond donors (Lipinski definition) is 2. The van der Waals surface area contributed by atoms with Crippen molar-refractivity contribution < 1.29 is 48.7 Å². The number of rotatable bonds is 3. The molecule has 0 aliphatic rings. The van der Waals surface area contributed by atoms with Gasteiger partial charge in [0.2, 0.25) is 0 Å². The smallest absolute Gasteiger partial charge is 1.00 e. The molecule has 0 saturated carbocycles. The summed E-state index contributed by atoms with van der Waals surface area (Å²) in [6.45, 7) is 0. The zero-order chi connectivity index (χ0) is 11.5. The van der Waals surface area contributed by atoms with Gasteiger partial charge in [0.15, 0.2) is 0 Å². The second kappa shape index (κ2) is 6.08. The maximum absolute atomic E-state index is 10.5. The van der Waals surface area contributed by atoms with Gasteiger partial charge in [-0.1, -0.05) is 0 Å². The van der Waals surface area contributed by atoms with Crippen molar-refractivity contribution in [3.63, 3.8) is 0 Å². The normalized spacial score (nSPS) is 9.81. The molecule has 1 rings (SSSR count). The monoisotopic (exact) mass is 252 g/mol. The zero-order valence-electron chi connectivity index (χ0n) is 9.76. The van der Waals surface area contributed by atoms with Gasteiger partial charge >= 0.3 is 39.9 Å². The summed E-state index contributed by atoms with van der Waals surface area (Å²) in [6, 6.07) is 5.95. The zero-order valence-corrected chi connectivity index (χ0v) is 11.6. The van der Waals surface area contributed by atoms with Crippen molar-refractivity contribution in [3.05, 3.63) is 23.8 Å². The molecule has 0 aliphatic carbocycles. The summed E-state index contributed by atoms with van der Waals surface area (Å²) in [5, 5.41) is 8.59. The number of nitrogens with zero attached hydrogens (tertiary/aromatic N) is 1. The number of anilines is 1. The Kier molecular flexibility index (Phi) is 5.78. The third-order valence-electron chi connectivity index (χ3n) is 1.57. The predicted molar refractivity (Wildman–Crippen MR) is 54.0 cm³/mol. The van der Waals surface area contributed by atoms with E-state index >= 15 is 0 Å². The first-order valence-corrected chi connectivity index (χ1v) is 5.23. The van der Waals surface area contributed by atoms with Gasteiger partial charge in [-0.25, -0.2) is 0 Å². The van der Waals surface area contributed by atoms with Crippen LogP contribution in [0.25, 0.3) is 0 Å². The number of methoxy groups -OCH3 is 1.